The number of hydrogen-bond acceptors (Lipinski definition) is 4. The van der Waals surface area contributed by atoms with E-state index in [1.54, 1.807) is 0 Å². The second kappa shape index (κ2) is 7.37. The standard InChI is InChI=1S/C13H15F5O4/c1-7(2)10(19)21-6-9(22-11(20)8(3)4)5-12(14,15)13(16,17)18/h9H,1,3,5-6H2,2,4H3. The van der Waals surface area contributed by atoms with Crippen molar-refractivity contribution in [3.63, 3.8) is 0 Å². The highest BCUT2D eigenvalue weighted by atomic mass is 19.4. The molecule has 0 rings (SSSR count). The van der Waals surface area contributed by atoms with Gasteiger partial charge in [0.2, 0.25) is 0 Å². The van der Waals surface area contributed by atoms with Crippen LogP contribution in [0.2, 0.25) is 0 Å². The number of hydrogen-bond donors (Lipinski definition) is 0. The number of ether oxygens (including phenoxy) is 2. The summed E-state index contributed by atoms with van der Waals surface area (Å²) >= 11 is 0. The van der Waals surface area contributed by atoms with Crippen LogP contribution in [0.3, 0.4) is 0 Å². The van der Waals surface area contributed by atoms with Crippen LogP contribution in [0.4, 0.5) is 22.0 Å². The first kappa shape index (κ1) is 20.1. The van der Waals surface area contributed by atoms with E-state index in [9.17, 15) is 31.5 Å². The van der Waals surface area contributed by atoms with E-state index in [0.717, 1.165) is 0 Å². The molecule has 0 amide bonds. The summed E-state index contributed by atoms with van der Waals surface area (Å²) in [7, 11) is 0. The van der Waals surface area contributed by atoms with Gasteiger partial charge in [-0.05, 0) is 13.8 Å². The molecule has 0 saturated carbocycles. The third kappa shape index (κ3) is 6.23. The van der Waals surface area contributed by atoms with Crippen molar-refractivity contribution in [2.75, 3.05) is 6.61 Å². The number of esters is 2. The molecule has 22 heavy (non-hydrogen) atoms. The Balaban J connectivity index is 5.01. The number of alkyl halides is 5. The Morgan fingerprint density at radius 1 is 1.00 bits per heavy atom. The molecule has 0 N–H and O–H groups in total. The van der Waals surface area contributed by atoms with E-state index in [2.05, 4.69) is 22.6 Å². The van der Waals surface area contributed by atoms with Gasteiger partial charge in [0.25, 0.3) is 0 Å². The van der Waals surface area contributed by atoms with Crippen LogP contribution in [0.25, 0.3) is 0 Å². The minimum absolute atomic E-state index is 0.0902. The number of carbonyl (C=O) groups excluding carboxylic acids is 2. The molecule has 0 bridgehead atoms. The van der Waals surface area contributed by atoms with Gasteiger partial charge in [0.15, 0.2) is 0 Å². The molecule has 4 nitrogen and oxygen atoms in total. The Bertz CT molecular complexity index is 468. The second-order valence-corrected chi connectivity index (χ2v) is 4.59. The van der Waals surface area contributed by atoms with Crippen LogP contribution in [0.15, 0.2) is 24.3 Å². The Morgan fingerprint density at radius 3 is 1.82 bits per heavy atom. The molecule has 0 heterocycles. The van der Waals surface area contributed by atoms with E-state index in [4.69, 9.17) is 0 Å². The summed E-state index contributed by atoms with van der Waals surface area (Å²) in [4.78, 5) is 22.4. The summed E-state index contributed by atoms with van der Waals surface area (Å²) in [6.45, 7) is 7.85. The van der Waals surface area contributed by atoms with Gasteiger partial charge >= 0.3 is 24.0 Å². The molecule has 0 aliphatic carbocycles. The van der Waals surface area contributed by atoms with E-state index in [1.165, 1.54) is 13.8 Å². The monoisotopic (exact) mass is 330 g/mol. The van der Waals surface area contributed by atoms with E-state index < -0.39 is 43.2 Å². The van der Waals surface area contributed by atoms with Crippen molar-refractivity contribution in [2.24, 2.45) is 0 Å². The zero-order valence-corrected chi connectivity index (χ0v) is 11.9. The summed E-state index contributed by atoms with van der Waals surface area (Å²) in [5, 5.41) is 0. The van der Waals surface area contributed by atoms with E-state index in [0.29, 0.717) is 0 Å². The van der Waals surface area contributed by atoms with Crippen molar-refractivity contribution in [3.05, 3.63) is 24.3 Å². The van der Waals surface area contributed by atoms with Gasteiger partial charge in [0.05, 0.1) is 6.42 Å². The van der Waals surface area contributed by atoms with Gasteiger partial charge in [-0.15, -0.1) is 0 Å². The number of rotatable bonds is 7. The second-order valence-electron chi connectivity index (χ2n) is 4.59. The largest absolute Gasteiger partial charge is 0.458 e. The Kier molecular flexibility index (Phi) is 6.72. The molecule has 0 aromatic rings. The van der Waals surface area contributed by atoms with Crippen molar-refractivity contribution in [1.82, 2.24) is 0 Å². The van der Waals surface area contributed by atoms with E-state index in [-0.39, 0.29) is 11.1 Å². The maximum Gasteiger partial charge on any atom is 0.453 e. The molecule has 0 radical (unpaired) electrons. The van der Waals surface area contributed by atoms with Gasteiger partial charge in [-0.3, -0.25) is 0 Å². The third-order valence-electron chi connectivity index (χ3n) is 2.27. The van der Waals surface area contributed by atoms with E-state index >= 15 is 0 Å². The SMILES string of the molecule is C=C(C)C(=O)OCC(CC(F)(F)C(F)(F)F)OC(=O)C(=C)C. The summed E-state index contributed by atoms with van der Waals surface area (Å²) in [5.41, 5.74) is -0.292. The highest BCUT2D eigenvalue weighted by Crippen LogP contribution is 2.39. The Morgan fingerprint density at radius 2 is 1.45 bits per heavy atom. The van der Waals surface area contributed by atoms with Crippen LogP contribution >= 0.6 is 0 Å². The first-order chi connectivity index (χ1) is 9.78. The lowest BCUT2D eigenvalue weighted by Gasteiger charge is -2.25. The first-order valence-corrected chi connectivity index (χ1v) is 5.91. The van der Waals surface area contributed by atoms with Gasteiger partial charge in [0, 0.05) is 11.1 Å². The Labute approximate surface area is 123 Å². The minimum Gasteiger partial charge on any atom is -0.458 e. The zero-order chi connectivity index (χ0) is 17.7. The van der Waals surface area contributed by atoms with Gasteiger partial charge in [-0.2, -0.15) is 22.0 Å². The molecular formula is C13H15F5O4. The number of halogens is 5. The summed E-state index contributed by atoms with van der Waals surface area (Å²) in [6.07, 6.45) is -9.68. The molecule has 0 aromatic carbocycles. The van der Waals surface area contributed by atoms with Crippen LogP contribution in [-0.2, 0) is 19.1 Å². The number of carbonyl (C=O) groups is 2. The summed E-state index contributed by atoms with van der Waals surface area (Å²) in [5.74, 6) is -7.29. The summed E-state index contributed by atoms with van der Waals surface area (Å²) in [6, 6.07) is 0. The predicted molar refractivity (Wildman–Crippen MR) is 66.1 cm³/mol. The molecule has 0 fully saturated rings. The molecule has 0 spiro atoms. The van der Waals surface area contributed by atoms with Gasteiger partial charge in [-0.1, -0.05) is 13.2 Å². The normalized spacial score (nSPS) is 13.2. The Hall–Kier alpha value is -1.93. The van der Waals surface area contributed by atoms with Crippen LogP contribution < -0.4 is 0 Å². The summed E-state index contributed by atoms with van der Waals surface area (Å²) < 4.78 is 71.5. The fourth-order valence-corrected chi connectivity index (χ4v) is 1.08. The molecule has 9 heteroatoms. The zero-order valence-electron chi connectivity index (χ0n) is 11.9. The van der Waals surface area contributed by atoms with Crippen LogP contribution in [0.1, 0.15) is 20.3 Å². The molecular weight excluding hydrogens is 315 g/mol. The molecule has 0 aromatic heterocycles. The quantitative estimate of drug-likeness (QED) is 0.409. The average Bonchev–Trinajstić information content (AvgIpc) is 2.33. The molecule has 0 aliphatic heterocycles. The molecule has 126 valence electrons. The van der Waals surface area contributed by atoms with Gasteiger partial charge in [0.1, 0.15) is 12.7 Å². The maximum absolute atomic E-state index is 13.0. The smallest absolute Gasteiger partial charge is 0.453 e. The van der Waals surface area contributed by atoms with Crippen LogP contribution in [0.5, 0.6) is 0 Å². The predicted octanol–water partition coefficient (Wildman–Crippen LogP) is 3.18. The van der Waals surface area contributed by atoms with Crippen molar-refractivity contribution < 1.29 is 41.0 Å². The maximum atomic E-state index is 13.0. The van der Waals surface area contributed by atoms with Crippen molar-refractivity contribution in [2.45, 2.75) is 38.5 Å². The van der Waals surface area contributed by atoms with Crippen molar-refractivity contribution in [3.8, 4) is 0 Å². The lowest BCUT2D eigenvalue weighted by atomic mass is 10.1. The highest BCUT2D eigenvalue weighted by Gasteiger charge is 2.58. The topological polar surface area (TPSA) is 52.6 Å². The van der Waals surface area contributed by atoms with E-state index in [1.807, 2.05) is 0 Å². The van der Waals surface area contributed by atoms with Crippen molar-refractivity contribution >= 4 is 11.9 Å². The third-order valence-corrected chi connectivity index (χ3v) is 2.27. The van der Waals surface area contributed by atoms with Crippen LogP contribution in [-0.4, -0.2) is 36.7 Å². The lowest BCUT2D eigenvalue weighted by molar-refractivity contribution is -0.291. The van der Waals surface area contributed by atoms with Crippen molar-refractivity contribution in [1.29, 1.82) is 0 Å². The van der Waals surface area contributed by atoms with Gasteiger partial charge < -0.3 is 9.47 Å². The fourth-order valence-electron chi connectivity index (χ4n) is 1.08. The molecule has 1 unspecified atom stereocenters. The highest BCUT2D eigenvalue weighted by molar-refractivity contribution is 5.87. The first-order valence-electron chi connectivity index (χ1n) is 5.91. The molecule has 1 atom stereocenters. The van der Waals surface area contributed by atoms with Gasteiger partial charge in [-0.25, -0.2) is 9.59 Å². The average molecular weight is 330 g/mol. The van der Waals surface area contributed by atoms with Crippen LogP contribution in [0, 0.1) is 0 Å². The lowest BCUT2D eigenvalue weighted by Crippen LogP contribution is -2.42. The molecule has 0 aliphatic rings. The minimum atomic E-state index is -5.82. The molecule has 0 saturated heterocycles. The fraction of sp³-hybridized carbons (Fsp3) is 0.538.